The standard InChI is InChI=1S/C28H32Cl2N4O/c1-4-19-16-34(26-11-8-20(29)15-23(26)30)14-12-28(19)18-33(3)17-25-22(28)9-10-24(32-25)21-7-6-13-31-27(21)35-5-2/h6-11,13,15,19H,4-5,12,14,16-18H2,1-3H3. The largest absolute Gasteiger partial charge is 0.477 e. The van der Waals surface area contributed by atoms with Crippen LogP contribution in [0.3, 0.4) is 0 Å². The maximum Gasteiger partial charge on any atom is 0.222 e. The minimum absolute atomic E-state index is 0.0652. The molecule has 2 aromatic heterocycles. The van der Waals surface area contributed by atoms with Crippen molar-refractivity contribution in [2.45, 2.75) is 38.6 Å². The minimum Gasteiger partial charge on any atom is -0.477 e. The normalized spacial score (nSPS) is 22.3. The number of nitrogens with zero attached hydrogens (tertiary/aromatic N) is 4. The summed E-state index contributed by atoms with van der Waals surface area (Å²) < 4.78 is 5.79. The molecule has 0 N–H and O–H groups in total. The Morgan fingerprint density at radius 2 is 2.00 bits per heavy atom. The Balaban J connectivity index is 1.51. The van der Waals surface area contributed by atoms with Crippen LogP contribution in [0.2, 0.25) is 10.0 Å². The summed E-state index contributed by atoms with van der Waals surface area (Å²) in [5, 5.41) is 1.39. The van der Waals surface area contributed by atoms with Gasteiger partial charge < -0.3 is 9.64 Å². The van der Waals surface area contributed by atoms with Crippen molar-refractivity contribution in [2.75, 3.05) is 38.2 Å². The Morgan fingerprint density at radius 3 is 2.77 bits per heavy atom. The molecule has 3 aromatic rings. The smallest absolute Gasteiger partial charge is 0.222 e. The van der Waals surface area contributed by atoms with Crippen LogP contribution in [0.4, 0.5) is 5.69 Å². The molecule has 0 saturated carbocycles. The average molecular weight is 511 g/mol. The molecule has 2 atom stereocenters. The van der Waals surface area contributed by atoms with Crippen LogP contribution in [0.1, 0.15) is 37.9 Å². The summed E-state index contributed by atoms with van der Waals surface area (Å²) in [5.74, 6) is 1.12. The highest BCUT2D eigenvalue weighted by Gasteiger charge is 2.47. The van der Waals surface area contributed by atoms with Crippen molar-refractivity contribution in [2.24, 2.45) is 5.92 Å². The number of fused-ring (bicyclic) bond motifs is 2. The maximum atomic E-state index is 6.59. The van der Waals surface area contributed by atoms with E-state index in [2.05, 4.69) is 40.9 Å². The maximum absolute atomic E-state index is 6.59. The van der Waals surface area contributed by atoms with E-state index in [1.807, 2.05) is 37.3 Å². The van der Waals surface area contributed by atoms with Gasteiger partial charge in [-0.15, -0.1) is 0 Å². The van der Waals surface area contributed by atoms with E-state index < -0.39 is 0 Å². The zero-order valence-electron chi connectivity index (χ0n) is 20.6. The summed E-state index contributed by atoms with van der Waals surface area (Å²) in [4.78, 5) is 14.5. The number of anilines is 1. The molecule has 5 rings (SSSR count). The van der Waals surface area contributed by atoms with E-state index >= 15 is 0 Å². The van der Waals surface area contributed by atoms with Gasteiger partial charge in [0.05, 0.1) is 34.3 Å². The van der Waals surface area contributed by atoms with Crippen molar-refractivity contribution in [3.63, 3.8) is 0 Å². The van der Waals surface area contributed by atoms with Gasteiger partial charge in [0.1, 0.15) is 0 Å². The van der Waals surface area contributed by atoms with Crippen LogP contribution in [-0.2, 0) is 12.0 Å². The summed E-state index contributed by atoms with van der Waals surface area (Å²) in [6.45, 7) is 8.66. The molecule has 0 amide bonds. The van der Waals surface area contributed by atoms with E-state index in [9.17, 15) is 0 Å². The van der Waals surface area contributed by atoms with E-state index in [-0.39, 0.29) is 5.41 Å². The molecule has 2 unspecified atom stereocenters. The van der Waals surface area contributed by atoms with E-state index in [0.29, 0.717) is 23.4 Å². The van der Waals surface area contributed by atoms with Gasteiger partial charge in [0.15, 0.2) is 0 Å². The number of likely N-dealkylation sites (N-methyl/N-ethyl adjacent to an activating group) is 1. The third-order valence-corrected chi connectivity index (χ3v) is 8.14. The molecule has 35 heavy (non-hydrogen) atoms. The van der Waals surface area contributed by atoms with Crippen molar-refractivity contribution in [1.82, 2.24) is 14.9 Å². The van der Waals surface area contributed by atoms with Crippen molar-refractivity contribution >= 4 is 28.9 Å². The van der Waals surface area contributed by atoms with Crippen LogP contribution in [0.15, 0.2) is 48.7 Å². The first-order chi connectivity index (χ1) is 16.9. The molecule has 7 heteroatoms. The number of rotatable bonds is 5. The van der Waals surface area contributed by atoms with Crippen LogP contribution in [0.25, 0.3) is 11.3 Å². The Morgan fingerprint density at radius 1 is 1.14 bits per heavy atom. The summed E-state index contributed by atoms with van der Waals surface area (Å²) in [5.41, 5.74) is 5.56. The topological polar surface area (TPSA) is 41.5 Å². The highest BCUT2D eigenvalue weighted by Crippen LogP contribution is 2.47. The van der Waals surface area contributed by atoms with Gasteiger partial charge in [-0.25, -0.2) is 4.98 Å². The Hall–Kier alpha value is -2.34. The summed E-state index contributed by atoms with van der Waals surface area (Å²) in [7, 11) is 2.21. The highest BCUT2D eigenvalue weighted by molar-refractivity contribution is 6.36. The van der Waals surface area contributed by atoms with Crippen LogP contribution in [0.5, 0.6) is 5.88 Å². The highest BCUT2D eigenvalue weighted by atomic mass is 35.5. The van der Waals surface area contributed by atoms with Gasteiger partial charge in [0.2, 0.25) is 5.88 Å². The van der Waals surface area contributed by atoms with Gasteiger partial charge in [0.25, 0.3) is 0 Å². The first-order valence-corrected chi connectivity index (χ1v) is 13.2. The summed E-state index contributed by atoms with van der Waals surface area (Å²) >= 11 is 12.7. The lowest BCUT2D eigenvalue weighted by atomic mass is 9.62. The Kier molecular flexibility index (Phi) is 6.93. The fourth-order valence-electron chi connectivity index (χ4n) is 6.05. The third-order valence-electron chi connectivity index (χ3n) is 7.60. The van der Waals surface area contributed by atoms with Crippen molar-refractivity contribution < 1.29 is 4.74 Å². The zero-order valence-corrected chi connectivity index (χ0v) is 22.1. The third kappa shape index (κ3) is 4.50. The van der Waals surface area contributed by atoms with E-state index in [1.165, 1.54) is 11.3 Å². The van der Waals surface area contributed by atoms with Crippen LogP contribution in [-0.4, -0.2) is 48.2 Å². The summed E-state index contributed by atoms with van der Waals surface area (Å²) in [6.07, 6.45) is 3.91. The lowest BCUT2D eigenvalue weighted by Gasteiger charge is -2.53. The lowest BCUT2D eigenvalue weighted by molar-refractivity contribution is 0.121. The SMILES string of the molecule is CCOc1ncccc1-c1ccc2c(n1)CN(C)CC21CCN(c2ccc(Cl)cc2Cl)CC1CC. The molecule has 1 fully saturated rings. The van der Waals surface area contributed by atoms with Gasteiger partial charge in [0, 0.05) is 42.8 Å². The molecule has 0 bridgehead atoms. The molecular formula is C28H32Cl2N4O. The van der Waals surface area contributed by atoms with Crippen LogP contribution in [0, 0.1) is 5.92 Å². The van der Waals surface area contributed by atoms with Crippen molar-refractivity contribution in [3.8, 4) is 17.1 Å². The van der Waals surface area contributed by atoms with Crippen LogP contribution >= 0.6 is 23.2 Å². The van der Waals surface area contributed by atoms with Gasteiger partial charge in [-0.2, -0.15) is 0 Å². The molecule has 1 saturated heterocycles. The molecule has 5 nitrogen and oxygen atoms in total. The zero-order chi connectivity index (χ0) is 24.6. The number of halogens is 2. The molecule has 184 valence electrons. The van der Waals surface area contributed by atoms with Gasteiger partial charge >= 0.3 is 0 Å². The second-order valence-corrected chi connectivity index (χ2v) is 10.5. The number of hydrogen-bond donors (Lipinski definition) is 0. The second-order valence-electron chi connectivity index (χ2n) is 9.71. The minimum atomic E-state index is 0.0652. The summed E-state index contributed by atoms with van der Waals surface area (Å²) in [6, 6.07) is 14.3. The first kappa shape index (κ1) is 24.4. The molecule has 2 aliphatic heterocycles. The number of hydrogen-bond acceptors (Lipinski definition) is 5. The number of aromatic nitrogens is 2. The first-order valence-electron chi connectivity index (χ1n) is 12.4. The Labute approximate surface area is 218 Å². The van der Waals surface area contributed by atoms with Crippen molar-refractivity contribution in [3.05, 3.63) is 70.0 Å². The van der Waals surface area contributed by atoms with E-state index in [4.69, 9.17) is 32.9 Å². The molecule has 0 aliphatic carbocycles. The Bertz CT molecular complexity index is 1220. The quantitative estimate of drug-likeness (QED) is 0.393. The van der Waals surface area contributed by atoms with Crippen molar-refractivity contribution in [1.29, 1.82) is 0 Å². The predicted molar refractivity (Wildman–Crippen MR) is 144 cm³/mol. The molecule has 1 spiro atoms. The molecule has 2 aliphatic rings. The number of benzene rings is 1. The predicted octanol–water partition coefficient (Wildman–Crippen LogP) is 6.47. The molecule has 4 heterocycles. The molecular weight excluding hydrogens is 479 g/mol. The van der Waals surface area contributed by atoms with E-state index in [0.717, 1.165) is 61.0 Å². The second kappa shape index (κ2) is 9.96. The van der Waals surface area contributed by atoms with Gasteiger partial charge in [-0.3, -0.25) is 9.88 Å². The van der Waals surface area contributed by atoms with E-state index in [1.54, 1.807) is 6.20 Å². The monoisotopic (exact) mass is 510 g/mol. The molecule has 1 aromatic carbocycles. The fraction of sp³-hybridized carbons (Fsp3) is 0.429. The molecule has 0 radical (unpaired) electrons. The van der Waals surface area contributed by atoms with Gasteiger partial charge in [-0.1, -0.05) is 42.6 Å². The number of pyridine rings is 2. The number of piperidine rings is 1. The average Bonchev–Trinajstić information content (AvgIpc) is 2.85. The lowest BCUT2D eigenvalue weighted by Crippen LogP contribution is -2.57. The fourth-order valence-corrected chi connectivity index (χ4v) is 6.58. The van der Waals surface area contributed by atoms with Crippen LogP contribution < -0.4 is 9.64 Å². The van der Waals surface area contributed by atoms with Gasteiger partial charge in [-0.05, 0) is 68.3 Å². The number of ether oxygens (including phenoxy) is 1.